The van der Waals surface area contributed by atoms with Crippen molar-refractivity contribution in [2.45, 2.75) is 20.8 Å². The topological polar surface area (TPSA) is 36.4 Å². The molecule has 2 aromatic carbocycles. The van der Waals surface area contributed by atoms with Gasteiger partial charge in [-0.3, -0.25) is 9.69 Å². The van der Waals surface area contributed by atoms with Gasteiger partial charge >= 0.3 is 0 Å². The predicted molar refractivity (Wildman–Crippen MR) is 123 cm³/mol. The number of nitrogens with zero attached hydrogens (tertiary/aromatic N) is 3. The van der Waals surface area contributed by atoms with Crippen molar-refractivity contribution in [2.75, 3.05) is 31.1 Å². The van der Waals surface area contributed by atoms with Gasteiger partial charge in [0.2, 0.25) is 0 Å². The summed E-state index contributed by atoms with van der Waals surface area (Å²) >= 11 is 11.2. The summed E-state index contributed by atoms with van der Waals surface area (Å²) in [6, 6.07) is 11.3. The van der Waals surface area contributed by atoms with E-state index in [0.29, 0.717) is 22.3 Å². The van der Waals surface area contributed by atoms with Crippen LogP contribution >= 0.6 is 38.9 Å². The molecule has 0 fully saturated rings. The number of anilines is 1. The quantitative estimate of drug-likeness (QED) is 0.415. The number of carbonyl (C=O) groups excluding carboxylic acids is 1. The number of thiazole rings is 1. The molecule has 3 rings (SSSR count). The standard InChI is InChI=1S/C21H23BrClN3OS/c1-4-25(5-2)10-11-26(20(27)16-8-6-7-9-17(16)22)21-24-19-14(3)12-15(23)13-18(19)28-21/h6-9,12-13H,4-5,10-11H2,1-3H3. The fourth-order valence-corrected chi connectivity index (χ4v) is 5.00. The molecule has 0 atom stereocenters. The van der Waals surface area contributed by atoms with Gasteiger partial charge in [0.15, 0.2) is 5.13 Å². The number of fused-ring (bicyclic) bond motifs is 1. The van der Waals surface area contributed by atoms with Gasteiger partial charge in [0, 0.05) is 22.6 Å². The van der Waals surface area contributed by atoms with E-state index in [1.54, 1.807) is 4.90 Å². The molecular weight excluding hydrogens is 458 g/mol. The van der Waals surface area contributed by atoms with Crippen molar-refractivity contribution in [1.29, 1.82) is 0 Å². The third-order valence-electron chi connectivity index (χ3n) is 4.75. The highest BCUT2D eigenvalue weighted by Gasteiger charge is 2.23. The van der Waals surface area contributed by atoms with Crippen molar-refractivity contribution >= 4 is 60.1 Å². The number of aryl methyl sites for hydroxylation is 1. The molecule has 4 nitrogen and oxygen atoms in total. The molecule has 0 aliphatic heterocycles. The number of hydrogen-bond acceptors (Lipinski definition) is 4. The summed E-state index contributed by atoms with van der Waals surface area (Å²) < 4.78 is 1.78. The van der Waals surface area contributed by atoms with Crippen molar-refractivity contribution in [3.05, 3.63) is 57.0 Å². The molecule has 0 spiro atoms. The summed E-state index contributed by atoms with van der Waals surface area (Å²) in [6.45, 7) is 9.52. The summed E-state index contributed by atoms with van der Waals surface area (Å²) in [6.07, 6.45) is 0. The fraction of sp³-hybridized carbons (Fsp3) is 0.333. The van der Waals surface area contributed by atoms with Crippen molar-refractivity contribution in [3.8, 4) is 0 Å². The van der Waals surface area contributed by atoms with Crippen LogP contribution in [0.5, 0.6) is 0 Å². The molecule has 7 heteroatoms. The monoisotopic (exact) mass is 479 g/mol. The highest BCUT2D eigenvalue weighted by atomic mass is 79.9. The highest BCUT2D eigenvalue weighted by molar-refractivity contribution is 9.10. The van der Waals surface area contributed by atoms with Crippen LogP contribution in [0.2, 0.25) is 5.02 Å². The lowest BCUT2D eigenvalue weighted by atomic mass is 10.2. The lowest BCUT2D eigenvalue weighted by molar-refractivity contribution is 0.0983. The minimum absolute atomic E-state index is 0.0533. The number of likely N-dealkylation sites (N-methyl/N-ethyl adjacent to an activating group) is 1. The first kappa shape index (κ1) is 21.2. The van der Waals surface area contributed by atoms with Crippen LogP contribution < -0.4 is 4.90 Å². The van der Waals surface area contributed by atoms with E-state index in [2.05, 4.69) is 34.7 Å². The summed E-state index contributed by atoms with van der Waals surface area (Å²) in [5.74, 6) is -0.0533. The largest absolute Gasteiger partial charge is 0.302 e. The maximum atomic E-state index is 13.4. The molecule has 28 heavy (non-hydrogen) atoms. The Morgan fingerprint density at radius 1 is 1.18 bits per heavy atom. The minimum Gasteiger partial charge on any atom is -0.302 e. The molecule has 0 bridgehead atoms. The van der Waals surface area contributed by atoms with Crippen LogP contribution in [-0.2, 0) is 0 Å². The van der Waals surface area contributed by atoms with E-state index < -0.39 is 0 Å². The van der Waals surface area contributed by atoms with E-state index in [4.69, 9.17) is 16.6 Å². The zero-order valence-corrected chi connectivity index (χ0v) is 19.4. The molecule has 0 radical (unpaired) electrons. The number of rotatable bonds is 7. The van der Waals surface area contributed by atoms with Gasteiger partial charge in [-0.1, -0.05) is 48.9 Å². The summed E-state index contributed by atoms with van der Waals surface area (Å²) in [4.78, 5) is 22.3. The van der Waals surface area contributed by atoms with Crippen LogP contribution in [-0.4, -0.2) is 42.0 Å². The van der Waals surface area contributed by atoms with Crippen LogP contribution in [0, 0.1) is 6.92 Å². The zero-order chi connectivity index (χ0) is 20.3. The molecule has 3 aromatic rings. The molecule has 1 amide bonds. The normalized spacial score (nSPS) is 11.4. The van der Waals surface area contributed by atoms with Crippen molar-refractivity contribution < 1.29 is 4.79 Å². The van der Waals surface area contributed by atoms with Crippen LogP contribution in [0.1, 0.15) is 29.8 Å². The molecule has 1 aromatic heterocycles. The van der Waals surface area contributed by atoms with Gasteiger partial charge in [-0.15, -0.1) is 0 Å². The Morgan fingerprint density at radius 3 is 2.57 bits per heavy atom. The number of carbonyl (C=O) groups is 1. The number of benzene rings is 2. The molecule has 0 aliphatic carbocycles. The smallest absolute Gasteiger partial charge is 0.261 e. The van der Waals surface area contributed by atoms with Crippen LogP contribution in [0.15, 0.2) is 40.9 Å². The van der Waals surface area contributed by atoms with Gasteiger partial charge in [-0.2, -0.15) is 0 Å². The van der Waals surface area contributed by atoms with E-state index in [-0.39, 0.29) is 5.91 Å². The molecule has 1 heterocycles. The Morgan fingerprint density at radius 2 is 1.89 bits per heavy atom. The SMILES string of the molecule is CCN(CC)CCN(C(=O)c1ccccc1Br)c1nc2c(C)cc(Cl)cc2s1. The van der Waals surface area contributed by atoms with E-state index >= 15 is 0 Å². The van der Waals surface area contributed by atoms with Gasteiger partial charge in [-0.05, 0) is 65.8 Å². The first-order chi connectivity index (χ1) is 13.4. The molecule has 0 unspecified atom stereocenters. The van der Waals surface area contributed by atoms with Crippen LogP contribution in [0.4, 0.5) is 5.13 Å². The van der Waals surface area contributed by atoms with Crippen molar-refractivity contribution in [3.63, 3.8) is 0 Å². The Balaban J connectivity index is 2.02. The molecule has 148 valence electrons. The van der Waals surface area contributed by atoms with Crippen LogP contribution in [0.25, 0.3) is 10.2 Å². The second-order valence-electron chi connectivity index (χ2n) is 6.53. The lowest BCUT2D eigenvalue weighted by Gasteiger charge is -2.25. The summed E-state index contributed by atoms with van der Waals surface area (Å²) in [7, 11) is 0. The van der Waals surface area contributed by atoms with Crippen molar-refractivity contribution in [1.82, 2.24) is 9.88 Å². The first-order valence-electron chi connectivity index (χ1n) is 9.30. The third-order valence-corrected chi connectivity index (χ3v) is 6.69. The Bertz CT molecular complexity index is 987. The maximum Gasteiger partial charge on any atom is 0.261 e. The highest BCUT2D eigenvalue weighted by Crippen LogP contribution is 2.34. The lowest BCUT2D eigenvalue weighted by Crippen LogP contribution is -2.39. The minimum atomic E-state index is -0.0533. The van der Waals surface area contributed by atoms with E-state index in [1.807, 2.05) is 43.3 Å². The fourth-order valence-electron chi connectivity index (χ4n) is 3.10. The van der Waals surface area contributed by atoms with E-state index in [0.717, 1.165) is 39.9 Å². The van der Waals surface area contributed by atoms with Crippen LogP contribution in [0.3, 0.4) is 0 Å². The maximum absolute atomic E-state index is 13.4. The second-order valence-corrected chi connectivity index (χ2v) is 8.83. The molecular formula is C21H23BrClN3OS. The predicted octanol–water partition coefficient (Wildman–Crippen LogP) is 6.01. The Kier molecular flexibility index (Phi) is 7.10. The molecule has 0 N–H and O–H groups in total. The number of amides is 1. The average Bonchev–Trinajstić information content (AvgIpc) is 3.09. The zero-order valence-electron chi connectivity index (χ0n) is 16.2. The van der Waals surface area contributed by atoms with E-state index in [9.17, 15) is 4.79 Å². The van der Waals surface area contributed by atoms with Gasteiger partial charge in [-0.25, -0.2) is 4.98 Å². The Hall–Kier alpha value is -1.47. The van der Waals surface area contributed by atoms with Gasteiger partial charge in [0.05, 0.1) is 15.8 Å². The molecule has 0 saturated carbocycles. The first-order valence-corrected chi connectivity index (χ1v) is 11.3. The summed E-state index contributed by atoms with van der Waals surface area (Å²) in [5.41, 5.74) is 2.55. The molecule has 0 saturated heterocycles. The van der Waals surface area contributed by atoms with E-state index in [1.165, 1.54) is 11.3 Å². The average molecular weight is 481 g/mol. The van der Waals surface area contributed by atoms with Gasteiger partial charge in [0.1, 0.15) is 0 Å². The Labute approximate surface area is 183 Å². The summed E-state index contributed by atoms with van der Waals surface area (Å²) in [5, 5.41) is 1.39. The van der Waals surface area contributed by atoms with Crippen molar-refractivity contribution in [2.24, 2.45) is 0 Å². The number of aromatic nitrogens is 1. The number of hydrogen-bond donors (Lipinski definition) is 0. The number of halogens is 2. The van der Waals surface area contributed by atoms with Gasteiger partial charge < -0.3 is 4.90 Å². The third kappa shape index (κ3) is 4.57. The molecule has 0 aliphatic rings. The van der Waals surface area contributed by atoms with Gasteiger partial charge in [0.25, 0.3) is 5.91 Å². The second kappa shape index (κ2) is 9.35.